The van der Waals surface area contributed by atoms with Gasteiger partial charge in [0.1, 0.15) is 25.4 Å². The number of esters is 3. The molecular weight excluding hydrogens is 1220 g/mol. The van der Waals surface area contributed by atoms with Gasteiger partial charge in [-0.1, -0.05) is 252 Å². The van der Waals surface area contributed by atoms with Crippen LogP contribution in [-0.2, 0) is 55.8 Å². The minimum Gasteiger partial charge on any atom is -0.463 e. The van der Waals surface area contributed by atoms with Crippen molar-refractivity contribution in [1.29, 1.82) is 0 Å². The van der Waals surface area contributed by atoms with Crippen LogP contribution in [0.25, 0.3) is 0 Å². The van der Waals surface area contributed by atoms with E-state index in [-0.39, 0.29) is 19.3 Å². The molecule has 0 amide bonds. The van der Waals surface area contributed by atoms with E-state index >= 15 is 0 Å². The normalized spacial score (nSPS) is 14.8. The lowest BCUT2D eigenvalue weighted by atomic mass is 10.1. The molecule has 0 spiro atoms. The van der Waals surface area contributed by atoms with Crippen LogP contribution in [0.1, 0.15) is 290 Å². The molecule has 0 heterocycles. The Hall–Kier alpha value is -3.79. The molecule has 16 nitrogen and oxygen atoms in total. The van der Waals surface area contributed by atoms with Crippen LogP contribution in [0.3, 0.4) is 0 Å². The molecule has 0 aromatic heterocycles. The Morgan fingerprint density at radius 1 is 0.312 bits per heavy atom. The van der Waals surface area contributed by atoms with Crippen LogP contribution in [0, 0.1) is 0 Å². The molecule has 5 unspecified atom stereocenters. The minimum absolute atomic E-state index is 0.0849. The van der Waals surface area contributed by atoms with Gasteiger partial charge in [0.15, 0.2) is 6.10 Å². The van der Waals surface area contributed by atoms with Crippen molar-refractivity contribution in [3.05, 3.63) is 109 Å². The molecular formula is C75H130O16P2. The van der Waals surface area contributed by atoms with E-state index < -0.39 is 91.5 Å². The van der Waals surface area contributed by atoms with Gasteiger partial charge in [-0.2, -0.15) is 0 Å². The number of unbranched alkanes of at least 4 members (excludes halogenated alkanes) is 27. The second-order valence-electron chi connectivity index (χ2n) is 24.0. The number of hydrogen-bond acceptors (Lipinski definition) is 14. The lowest BCUT2D eigenvalue weighted by Gasteiger charge is -2.21. The highest BCUT2D eigenvalue weighted by Gasteiger charge is 2.29. The number of ether oxygens (including phenoxy) is 3. The summed E-state index contributed by atoms with van der Waals surface area (Å²) in [5, 5.41) is 20.6. The Bertz CT molecular complexity index is 2130. The van der Waals surface area contributed by atoms with Crippen molar-refractivity contribution in [2.24, 2.45) is 0 Å². The van der Waals surface area contributed by atoms with Gasteiger partial charge < -0.3 is 34.2 Å². The standard InChI is InChI=1S/C75H130O16P2/c1-4-7-10-13-16-19-22-25-28-30-31-32-33-34-35-36-37-39-42-43-46-49-52-55-58-61-73(78)85-64-70(76)65-87-92(81,82)88-66-71(77)67-89-93(83,84)90-69-72(91-75(80)63-60-57-54-51-48-45-40-27-24-21-18-15-12-9-6-3)68-86-74(79)62-59-56-53-50-47-44-41-38-29-26-23-20-17-14-11-8-5-2/h8,11,16-21,25-29,31-32,34-35,40,70-72,76-77H,4-7,9-10,12-15,22-24,30,33,36-39,41-69H2,1-3H3,(H,81,82)(H,83,84)/b11-8-,19-16-,20-17-,21-18-,28-25-,29-26-,32-31-,35-34-,40-27-. The largest absolute Gasteiger partial charge is 0.472 e. The summed E-state index contributed by atoms with van der Waals surface area (Å²) < 4.78 is 61.0. The lowest BCUT2D eigenvalue weighted by molar-refractivity contribution is -0.161. The van der Waals surface area contributed by atoms with Gasteiger partial charge in [-0.05, 0) is 128 Å². The summed E-state index contributed by atoms with van der Waals surface area (Å²) in [6, 6.07) is 0. The van der Waals surface area contributed by atoms with Crippen molar-refractivity contribution in [2.75, 3.05) is 39.6 Å². The Morgan fingerprint density at radius 3 is 0.903 bits per heavy atom. The molecule has 0 radical (unpaired) electrons. The lowest BCUT2D eigenvalue weighted by Crippen LogP contribution is -2.30. The first-order valence-corrected chi connectivity index (χ1v) is 39.2. The van der Waals surface area contributed by atoms with E-state index in [1.807, 2.05) is 0 Å². The van der Waals surface area contributed by atoms with Crippen molar-refractivity contribution >= 4 is 33.6 Å². The monoisotopic (exact) mass is 1350 g/mol. The topological polar surface area (TPSA) is 231 Å². The molecule has 0 saturated heterocycles. The highest BCUT2D eigenvalue weighted by molar-refractivity contribution is 7.47. The Morgan fingerprint density at radius 2 is 0.570 bits per heavy atom. The summed E-state index contributed by atoms with van der Waals surface area (Å²) in [4.78, 5) is 58.5. The summed E-state index contributed by atoms with van der Waals surface area (Å²) in [6.45, 7) is 2.48. The minimum atomic E-state index is -4.93. The predicted octanol–water partition coefficient (Wildman–Crippen LogP) is 20.4. The van der Waals surface area contributed by atoms with E-state index in [9.17, 15) is 43.5 Å². The molecule has 93 heavy (non-hydrogen) atoms. The highest BCUT2D eigenvalue weighted by Crippen LogP contribution is 2.45. The van der Waals surface area contributed by atoms with Crippen LogP contribution in [0.15, 0.2) is 109 Å². The fourth-order valence-electron chi connectivity index (χ4n) is 9.42. The zero-order valence-electron chi connectivity index (χ0n) is 58.1. The molecule has 18 heteroatoms. The first kappa shape index (κ1) is 89.2. The third-order valence-corrected chi connectivity index (χ3v) is 16.9. The van der Waals surface area contributed by atoms with Gasteiger partial charge in [0, 0.05) is 19.3 Å². The Kier molecular flexibility index (Phi) is 65.4. The average molecular weight is 1350 g/mol. The number of carbonyl (C=O) groups excluding carboxylic acids is 3. The van der Waals surface area contributed by atoms with Gasteiger partial charge in [-0.15, -0.1) is 0 Å². The molecule has 0 aromatic carbocycles. The third-order valence-electron chi connectivity index (χ3n) is 15.0. The summed E-state index contributed by atoms with van der Waals surface area (Å²) >= 11 is 0. The molecule has 4 N–H and O–H groups in total. The van der Waals surface area contributed by atoms with E-state index in [2.05, 4.69) is 130 Å². The average Bonchev–Trinajstić information content (AvgIpc) is 3.14. The highest BCUT2D eigenvalue weighted by atomic mass is 31.2. The van der Waals surface area contributed by atoms with Crippen LogP contribution in [0.2, 0.25) is 0 Å². The van der Waals surface area contributed by atoms with Crippen molar-refractivity contribution in [1.82, 2.24) is 0 Å². The van der Waals surface area contributed by atoms with E-state index in [4.69, 9.17) is 32.3 Å². The van der Waals surface area contributed by atoms with Crippen LogP contribution in [0.5, 0.6) is 0 Å². The maximum Gasteiger partial charge on any atom is 0.472 e. The van der Waals surface area contributed by atoms with Crippen molar-refractivity contribution in [2.45, 2.75) is 309 Å². The number of phosphoric ester groups is 2. The second-order valence-corrected chi connectivity index (χ2v) is 26.9. The van der Waals surface area contributed by atoms with E-state index in [0.717, 1.165) is 161 Å². The van der Waals surface area contributed by atoms with Crippen LogP contribution in [-0.4, -0.2) is 95.9 Å². The summed E-state index contributed by atoms with van der Waals surface area (Å²) in [6.07, 6.45) is 77.0. The number of phosphoric acid groups is 2. The fraction of sp³-hybridized carbons (Fsp3) is 0.720. The fourth-order valence-corrected chi connectivity index (χ4v) is 11.0. The van der Waals surface area contributed by atoms with Gasteiger partial charge in [-0.3, -0.25) is 32.5 Å². The van der Waals surface area contributed by atoms with Crippen LogP contribution >= 0.6 is 15.6 Å². The second kappa shape index (κ2) is 68.2. The molecule has 0 aliphatic heterocycles. The van der Waals surface area contributed by atoms with Crippen molar-refractivity contribution < 1.29 is 75.8 Å². The maximum atomic E-state index is 12.9. The van der Waals surface area contributed by atoms with Gasteiger partial charge in [-0.25, -0.2) is 9.13 Å². The Balaban J connectivity index is 4.59. The number of hydrogen-bond donors (Lipinski definition) is 4. The van der Waals surface area contributed by atoms with Gasteiger partial charge in [0.25, 0.3) is 0 Å². The maximum absolute atomic E-state index is 12.9. The molecule has 0 fully saturated rings. The number of aliphatic hydroxyl groups excluding tert-OH is 2. The Labute approximate surface area is 564 Å². The molecule has 0 rings (SSSR count). The number of aliphatic hydroxyl groups is 2. The SMILES string of the molecule is CC/C=C\C/C=C\C/C=C\CCCCCCCCCC(=O)OCC(COP(=O)(O)OCC(O)COP(=O)(O)OCC(O)COC(=O)CCCCCCCCCCC/C=C\C/C=C\C/C=C\C/C=C\CCCCC)OC(=O)CCCCCCC/C=C\C/C=C\CCCCC. The number of rotatable bonds is 68. The van der Waals surface area contributed by atoms with Crippen LogP contribution in [0.4, 0.5) is 0 Å². The number of carbonyl (C=O) groups is 3. The first-order chi connectivity index (χ1) is 45.2. The predicted molar refractivity (Wildman–Crippen MR) is 380 cm³/mol. The molecule has 536 valence electrons. The quantitative estimate of drug-likeness (QED) is 0.0146. The number of allylic oxidation sites excluding steroid dienone is 18. The molecule has 0 bridgehead atoms. The van der Waals surface area contributed by atoms with Crippen molar-refractivity contribution in [3.63, 3.8) is 0 Å². The molecule has 0 aliphatic carbocycles. The van der Waals surface area contributed by atoms with Crippen LogP contribution < -0.4 is 0 Å². The van der Waals surface area contributed by atoms with Crippen molar-refractivity contribution in [3.8, 4) is 0 Å². The molecule has 0 aliphatic rings. The van der Waals surface area contributed by atoms with E-state index in [1.54, 1.807) is 0 Å². The molecule has 0 saturated carbocycles. The molecule has 0 aromatic rings. The third kappa shape index (κ3) is 69.4. The first-order valence-electron chi connectivity index (χ1n) is 36.2. The summed E-state index contributed by atoms with van der Waals surface area (Å²) in [5.41, 5.74) is 0. The van der Waals surface area contributed by atoms with E-state index in [1.165, 1.54) is 70.6 Å². The van der Waals surface area contributed by atoms with Gasteiger partial charge in [0.2, 0.25) is 0 Å². The van der Waals surface area contributed by atoms with E-state index in [0.29, 0.717) is 19.3 Å². The van der Waals surface area contributed by atoms with Gasteiger partial charge >= 0.3 is 33.6 Å². The summed E-state index contributed by atoms with van der Waals surface area (Å²) in [5.74, 6) is -1.61. The van der Waals surface area contributed by atoms with Gasteiger partial charge in [0.05, 0.1) is 26.4 Å². The molecule has 5 atom stereocenters. The zero-order valence-corrected chi connectivity index (χ0v) is 59.9. The zero-order chi connectivity index (χ0) is 68.1. The summed E-state index contributed by atoms with van der Waals surface area (Å²) in [7, 11) is -9.79. The smallest absolute Gasteiger partial charge is 0.463 e.